The fourth-order valence-electron chi connectivity index (χ4n) is 2.14. The van der Waals surface area contributed by atoms with E-state index < -0.39 is 0 Å². The Kier molecular flexibility index (Phi) is 3.53. The Balaban J connectivity index is 2.50. The molecule has 2 aromatic carbocycles. The van der Waals surface area contributed by atoms with Crippen LogP contribution in [-0.4, -0.2) is 10.9 Å². The summed E-state index contributed by atoms with van der Waals surface area (Å²) < 4.78 is 0. The van der Waals surface area contributed by atoms with Gasteiger partial charge >= 0.3 is 0 Å². The first kappa shape index (κ1) is 14.1. The zero-order chi connectivity index (χ0) is 14.9. The summed E-state index contributed by atoms with van der Waals surface area (Å²) in [6.07, 6.45) is 0. The summed E-state index contributed by atoms with van der Waals surface area (Å²) in [6.45, 7) is 5.98. The molecule has 0 saturated heterocycles. The molecule has 0 unspecified atom stereocenters. The Morgan fingerprint density at radius 1 is 1.10 bits per heavy atom. The molecule has 0 spiro atoms. The summed E-state index contributed by atoms with van der Waals surface area (Å²) in [7, 11) is 0. The molecule has 20 heavy (non-hydrogen) atoms. The number of carbonyl (C=O) groups excluding carboxylic acids is 1. The average molecular weight is 269 g/mol. The maximum atomic E-state index is 12.5. The first-order valence-corrected chi connectivity index (χ1v) is 6.53. The van der Waals surface area contributed by atoms with Crippen LogP contribution >= 0.6 is 0 Å². The van der Waals surface area contributed by atoms with E-state index in [4.69, 9.17) is 5.73 Å². The Morgan fingerprint density at radius 3 is 2.35 bits per heavy atom. The van der Waals surface area contributed by atoms with Crippen molar-refractivity contribution in [1.82, 2.24) is 0 Å². The van der Waals surface area contributed by atoms with Gasteiger partial charge in [0, 0.05) is 16.8 Å². The normalized spacial score (nSPS) is 11.3. The summed E-state index contributed by atoms with van der Waals surface area (Å²) in [5, 5.41) is 9.94. The highest BCUT2D eigenvalue weighted by molar-refractivity contribution is 6.12. The van der Waals surface area contributed by atoms with Gasteiger partial charge in [0.2, 0.25) is 0 Å². The number of hydrogen-bond donors (Lipinski definition) is 2. The molecule has 0 amide bonds. The molecule has 3 heteroatoms. The summed E-state index contributed by atoms with van der Waals surface area (Å²) in [5.41, 5.74) is 7.84. The monoisotopic (exact) mass is 269 g/mol. The summed E-state index contributed by atoms with van der Waals surface area (Å²) >= 11 is 0. The molecule has 0 aliphatic heterocycles. The molecule has 3 N–H and O–H groups in total. The van der Waals surface area contributed by atoms with Gasteiger partial charge in [0.15, 0.2) is 5.78 Å². The minimum Gasteiger partial charge on any atom is -0.508 e. The summed E-state index contributed by atoms with van der Waals surface area (Å²) in [6, 6.07) is 11.9. The number of phenols is 1. The number of ketones is 1. The Labute approximate surface area is 119 Å². The van der Waals surface area contributed by atoms with Crippen LogP contribution in [0, 0.1) is 0 Å². The second-order valence-corrected chi connectivity index (χ2v) is 5.90. The number of hydrogen-bond acceptors (Lipinski definition) is 3. The molecule has 0 radical (unpaired) electrons. The van der Waals surface area contributed by atoms with Crippen molar-refractivity contribution in [3.05, 3.63) is 59.2 Å². The number of nitrogen functional groups attached to an aromatic ring is 1. The van der Waals surface area contributed by atoms with Gasteiger partial charge in [0.1, 0.15) is 5.75 Å². The SMILES string of the molecule is CC(C)(C)c1cc(C(=O)c2ccccc2N)ccc1O. The molecule has 2 aromatic rings. The van der Waals surface area contributed by atoms with Crippen LogP contribution in [0.1, 0.15) is 42.3 Å². The molecule has 0 aromatic heterocycles. The predicted octanol–water partition coefficient (Wildman–Crippen LogP) is 3.50. The number of phenolic OH excluding ortho intramolecular Hbond substituents is 1. The Bertz CT molecular complexity index is 654. The topological polar surface area (TPSA) is 63.3 Å². The zero-order valence-electron chi connectivity index (χ0n) is 12.0. The molecule has 0 aliphatic carbocycles. The number of nitrogens with two attached hydrogens (primary N) is 1. The predicted molar refractivity (Wildman–Crippen MR) is 81.1 cm³/mol. The molecule has 0 heterocycles. The second kappa shape index (κ2) is 5.00. The van der Waals surface area contributed by atoms with Crippen molar-refractivity contribution in [2.45, 2.75) is 26.2 Å². The quantitative estimate of drug-likeness (QED) is 0.648. The molecule has 0 fully saturated rings. The van der Waals surface area contributed by atoms with E-state index in [1.165, 1.54) is 0 Å². The van der Waals surface area contributed by atoms with Crippen LogP contribution in [0.3, 0.4) is 0 Å². The largest absolute Gasteiger partial charge is 0.508 e. The van der Waals surface area contributed by atoms with Crippen LogP contribution in [0.15, 0.2) is 42.5 Å². The van der Waals surface area contributed by atoms with E-state index in [1.54, 1.807) is 42.5 Å². The maximum absolute atomic E-state index is 12.5. The van der Waals surface area contributed by atoms with Crippen molar-refractivity contribution >= 4 is 11.5 Å². The standard InChI is InChI=1S/C17H19NO2/c1-17(2,3)13-10-11(8-9-15(13)19)16(20)12-6-4-5-7-14(12)18/h4-10,19H,18H2,1-3H3. The Morgan fingerprint density at radius 2 is 1.75 bits per heavy atom. The average Bonchev–Trinajstić information content (AvgIpc) is 2.37. The number of aromatic hydroxyl groups is 1. The van der Waals surface area contributed by atoms with Gasteiger partial charge in [0.05, 0.1) is 0 Å². The van der Waals surface area contributed by atoms with Crippen LogP contribution < -0.4 is 5.73 Å². The molecule has 0 bridgehead atoms. The third-order valence-electron chi connectivity index (χ3n) is 3.27. The van der Waals surface area contributed by atoms with E-state index in [9.17, 15) is 9.90 Å². The molecule has 0 saturated carbocycles. The van der Waals surface area contributed by atoms with Crippen LogP contribution in [0.5, 0.6) is 5.75 Å². The van der Waals surface area contributed by atoms with E-state index in [0.717, 1.165) is 5.56 Å². The van der Waals surface area contributed by atoms with Gasteiger partial charge in [-0.1, -0.05) is 32.9 Å². The minimum absolute atomic E-state index is 0.131. The van der Waals surface area contributed by atoms with Crippen molar-refractivity contribution in [1.29, 1.82) is 0 Å². The molecule has 3 nitrogen and oxygen atoms in total. The van der Waals surface area contributed by atoms with E-state index in [-0.39, 0.29) is 16.9 Å². The van der Waals surface area contributed by atoms with Gasteiger partial charge in [-0.15, -0.1) is 0 Å². The Hall–Kier alpha value is -2.29. The lowest BCUT2D eigenvalue weighted by atomic mass is 9.84. The van der Waals surface area contributed by atoms with E-state index >= 15 is 0 Å². The van der Waals surface area contributed by atoms with Crippen molar-refractivity contribution in [3.8, 4) is 5.75 Å². The lowest BCUT2D eigenvalue weighted by Gasteiger charge is -2.21. The van der Waals surface area contributed by atoms with Crippen molar-refractivity contribution < 1.29 is 9.90 Å². The van der Waals surface area contributed by atoms with Crippen LogP contribution in [0.25, 0.3) is 0 Å². The third kappa shape index (κ3) is 2.67. The first-order chi connectivity index (χ1) is 9.30. The minimum atomic E-state index is -0.234. The fraction of sp³-hybridized carbons (Fsp3) is 0.235. The maximum Gasteiger partial charge on any atom is 0.195 e. The smallest absolute Gasteiger partial charge is 0.195 e. The number of carbonyl (C=O) groups is 1. The summed E-state index contributed by atoms with van der Waals surface area (Å²) in [5.74, 6) is 0.0729. The van der Waals surface area contributed by atoms with E-state index in [2.05, 4.69) is 0 Å². The molecular weight excluding hydrogens is 250 g/mol. The van der Waals surface area contributed by atoms with Gasteiger partial charge in [0.25, 0.3) is 0 Å². The van der Waals surface area contributed by atoms with Crippen LogP contribution in [-0.2, 0) is 5.41 Å². The molecule has 0 aliphatic rings. The van der Waals surface area contributed by atoms with Gasteiger partial charge in [-0.05, 0) is 41.3 Å². The number of rotatable bonds is 2. The van der Waals surface area contributed by atoms with Crippen molar-refractivity contribution in [2.75, 3.05) is 5.73 Å². The van der Waals surface area contributed by atoms with Gasteiger partial charge in [-0.25, -0.2) is 0 Å². The molecule has 2 rings (SSSR count). The highest BCUT2D eigenvalue weighted by atomic mass is 16.3. The van der Waals surface area contributed by atoms with Crippen molar-refractivity contribution in [3.63, 3.8) is 0 Å². The molecule has 104 valence electrons. The molecule has 0 atom stereocenters. The second-order valence-electron chi connectivity index (χ2n) is 5.90. The van der Waals surface area contributed by atoms with Crippen molar-refractivity contribution in [2.24, 2.45) is 0 Å². The number of para-hydroxylation sites is 1. The lowest BCUT2D eigenvalue weighted by Crippen LogP contribution is -2.13. The van der Waals surface area contributed by atoms with Crippen LogP contribution in [0.2, 0.25) is 0 Å². The fourth-order valence-corrected chi connectivity index (χ4v) is 2.14. The first-order valence-electron chi connectivity index (χ1n) is 6.53. The van der Waals surface area contributed by atoms with Crippen LogP contribution in [0.4, 0.5) is 5.69 Å². The highest BCUT2D eigenvalue weighted by Gasteiger charge is 2.21. The van der Waals surface area contributed by atoms with E-state index in [1.807, 2.05) is 20.8 Å². The highest BCUT2D eigenvalue weighted by Crippen LogP contribution is 2.32. The summed E-state index contributed by atoms with van der Waals surface area (Å²) in [4.78, 5) is 12.5. The van der Waals surface area contributed by atoms with Gasteiger partial charge in [-0.2, -0.15) is 0 Å². The third-order valence-corrected chi connectivity index (χ3v) is 3.27. The van der Waals surface area contributed by atoms with Gasteiger partial charge in [-0.3, -0.25) is 4.79 Å². The lowest BCUT2D eigenvalue weighted by molar-refractivity contribution is 0.103. The molecular formula is C17H19NO2. The zero-order valence-corrected chi connectivity index (χ0v) is 12.0. The number of benzene rings is 2. The van der Waals surface area contributed by atoms with Gasteiger partial charge < -0.3 is 10.8 Å². The van der Waals surface area contributed by atoms with E-state index in [0.29, 0.717) is 16.8 Å². The number of anilines is 1.